The summed E-state index contributed by atoms with van der Waals surface area (Å²) in [7, 11) is 0. The predicted octanol–water partition coefficient (Wildman–Crippen LogP) is 5.46. The van der Waals surface area contributed by atoms with Gasteiger partial charge in [-0.3, -0.25) is 0 Å². The number of benzene rings is 2. The van der Waals surface area contributed by atoms with Crippen LogP contribution in [-0.4, -0.2) is 17.5 Å². The van der Waals surface area contributed by atoms with Gasteiger partial charge >= 0.3 is 0 Å². The Bertz CT molecular complexity index is 956. The molecule has 1 N–H and O–H groups in total. The molecule has 28 heavy (non-hydrogen) atoms. The SMILES string of the molecule is N#Cc1cc(F)cc(Oc2ccc3c(c2C(F)F)C(O)C(F)(F)C3C(F)F)c1. The van der Waals surface area contributed by atoms with E-state index in [2.05, 4.69) is 0 Å². The largest absolute Gasteiger partial charge is 0.457 e. The molecule has 0 aliphatic heterocycles. The number of hydrogen-bond donors (Lipinski definition) is 1. The predicted molar refractivity (Wildman–Crippen MR) is 81.2 cm³/mol. The van der Waals surface area contributed by atoms with Crippen molar-refractivity contribution in [3.8, 4) is 17.6 Å². The number of fused-ring (bicyclic) bond motifs is 1. The number of hydrogen-bond acceptors (Lipinski definition) is 3. The molecule has 2 aromatic rings. The first-order valence-corrected chi connectivity index (χ1v) is 7.75. The molecule has 0 saturated heterocycles. The molecule has 0 bridgehead atoms. The van der Waals surface area contributed by atoms with Crippen LogP contribution >= 0.6 is 0 Å². The first-order chi connectivity index (χ1) is 13.1. The molecule has 10 heteroatoms. The van der Waals surface area contributed by atoms with Crippen LogP contribution in [0, 0.1) is 17.1 Å². The quantitative estimate of drug-likeness (QED) is 0.688. The highest BCUT2D eigenvalue weighted by Crippen LogP contribution is 2.57. The summed E-state index contributed by atoms with van der Waals surface area (Å²) in [6.45, 7) is 0. The van der Waals surface area contributed by atoms with E-state index in [4.69, 9.17) is 10.00 Å². The summed E-state index contributed by atoms with van der Waals surface area (Å²) in [6.07, 6.45) is -9.96. The molecule has 1 aliphatic carbocycles. The Morgan fingerprint density at radius 1 is 1.11 bits per heavy atom. The fraction of sp³-hybridized carbons (Fsp3) is 0.278. The second-order valence-corrected chi connectivity index (χ2v) is 6.06. The van der Waals surface area contributed by atoms with Crippen molar-refractivity contribution in [2.75, 3.05) is 0 Å². The molecule has 2 unspecified atom stereocenters. The van der Waals surface area contributed by atoms with Crippen molar-refractivity contribution in [1.29, 1.82) is 5.26 Å². The number of alkyl halides is 6. The van der Waals surface area contributed by atoms with Crippen molar-refractivity contribution in [1.82, 2.24) is 0 Å². The lowest BCUT2D eigenvalue weighted by Gasteiger charge is -2.21. The van der Waals surface area contributed by atoms with Gasteiger partial charge in [-0.15, -0.1) is 0 Å². The smallest absolute Gasteiger partial charge is 0.289 e. The van der Waals surface area contributed by atoms with E-state index in [9.17, 15) is 35.8 Å². The summed E-state index contributed by atoms with van der Waals surface area (Å²) in [4.78, 5) is 0. The standard InChI is InChI=1S/C18H10F7NO2/c19-8-3-7(6-26)4-9(5-8)28-11-2-1-10-12(13(11)16(20)21)15(27)18(24,25)14(10)17(22)23/h1-5,14-17,27H. The number of halogens is 7. The molecule has 3 rings (SSSR count). The van der Waals surface area contributed by atoms with Gasteiger partial charge in [-0.25, -0.2) is 30.7 Å². The summed E-state index contributed by atoms with van der Waals surface area (Å²) < 4.78 is 100. The zero-order valence-electron chi connectivity index (χ0n) is 13.6. The maximum absolute atomic E-state index is 14.1. The van der Waals surface area contributed by atoms with Crippen LogP contribution in [0.3, 0.4) is 0 Å². The van der Waals surface area contributed by atoms with Crippen LogP contribution in [0.2, 0.25) is 0 Å². The van der Waals surface area contributed by atoms with Crippen LogP contribution in [0.25, 0.3) is 0 Å². The number of ether oxygens (including phenoxy) is 1. The van der Waals surface area contributed by atoms with Gasteiger partial charge in [-0.1, -0.05) is 6.07 Å². The minimum Gasteiger partial charge on any atom is -0.457 e. The summed E-state index contributed by atoms with van der Waals surface area (Å²) in [5.41, 5.74) is -3.25. The molecule has 0 aromatic heterocycles. The van der Waals surface area contributed by atoms with Crippen LogP contribution in [0.5, 0.6) is 11.5 Å². The van der Waals surface area contributed by atoms with E-state index in [1.165, 1.54) is 0 Å². The van der Waals surface area contributed by atoms with E-state index in [1.54, 1.807) is 6.07 Å². The number of nitrogens with zero attached hydrogens (tertiary/aromatic N) is 1. The third-order valence-electron chi connectivity index (χ3n) is 4.37. The minimum atomic E-state index is -4.37. The molecular weight excluding hydrogens is 395 g/mol. The van der Waals surface area contributed by atoms with Gasteiger partial charge in [0.15, 0.2) is 0 Å². The zero-order valence-corrected chi connectivity index (χ0v) is 13.6. The first-order valence-electron chi connectivity index (χ1n) is 7.75. The van der Waals surface area contributed by atoms with Crippen LogP contribution in [0.15, 0.2) is 30.3 Å². The van der Waals surface area contributed by atoms with Crippen molar-refractivity contribution < 1.29 is 40.6 Å². The molecular formula is C18H10F7NO2. The zero-order chi connectivity index (χ0) is 20.8. The molecule has 148 valence electrons. The third-order valence-corrected chi connectivity index (χ3v) is 4.37. The summed E-state index contributed by atoms with van der Waals surface area (Å²) in [5, 5.41) is 18.6. The summed E-state index contributed by atoms with van der Waals surface area (Å²) in [5.74, 6) is -9.16. The van der Waals surface area contributed by atoms with Gasteiger partial charge in [-0.2, -0.15) is 5.26 Å². The van der Waals surface area contributed by atoms with Gasteiger partial charge in [0.05, 0.1) is 17.2 Å². The molecule has 0 fully saturated rings. The Hall–Kier alpha value is -2.80. The van der Waals surface area contributed by atoms with E-state index >= 15 is 0 Å². The Morgan fingerprint density at radius 3 is 2.36 bits per heavy atom. The van der Waals surface area contributed by atoms with E-state index in [1.807, 2.05) is 0 Å². The molecule has 1 aliphatic rings. The second-order valence-electron chi connectivity index (χ2n) is 6.06. The molecule has 0 amide bonds. The maximum atomic E-state index is 14.1. The monoisotopic (exact) mass is 405 g/mol. The van der Waals surface area contributed by atoms with Gasteiger partial charge in [0.25, 0.3) is 18.8 Å². The second kappa shape index (κ2) is 6.98. The number of aliphatic hydroxyl groups is 1. The lowest BCUT2D eigenvalue weighted by atomic mass is 9.97. The van der Waals surface area contributed by atoms with Gasteiger partial charge in [0, 0.05) is 11.6 Å². The van der Waals surface area contributed by atoms with E-state index in [0.717, 1.165) is 30.3 Å². The Kier molecular flexibility index (Phi) is 4.97. The van der Waals surface area contributed by atoms with Crippen molar-refractivity contribution in [2.24, 2.45) is 0 Å². The fourth-order valence-corrected chi connectivity index (χ4v) is 3.21. The van der Waals surface area contributed by atoms with E-state index in [-0.39, 0.29) is 11.3 Å². The average Bonchev–Trinajstić information content (AvgIpc) is 2.80. The van der Waals surface area contributed by atoms with Crippen molar-refractivity contribution in [2.45, 2.75) is 30.8 Å². The average molecular weight is 405 g/mol. The Morgan fingerprint density at radius 2 is 1.79 bits per heavy atom. The number of rotatable bonds is 4. The molecule has 0 radical (unpaired) electrons. The number of nitriles is 1. The van der Waals surface area contributed by atoms with Crippen LogP contribution in [0.4, 0.5) is 30.7 Å². The lowest BCUT2D eigenvalue weighted by molar-refractivity contribution is -0.142. The van der Waals surface area contributed by atoms with Crippen LogP contribution in [0.1, 0.15) is 40.7 Å². The lowest BCUT2D eigenvalue weighted by Crippen LogP contribution is -2.31. The molecule has 2 aromatic carbocycles. The van der Waals surface area contributed by atoms with E-state index < -0.39 is 59.1 Å². The third kappa shape index (κ3) is 3.16. The topological polar surface area (TPSA) is 53.2 Å². The van der Waals surface area contributed by atoms with Crippen molar-refractivity contribution >= 4 is 0 Å². The minimum absolute atomic E-state index is 0.195. The highest BCUT2D eigenvalue weighted by molar-refractivity contribution is 5.54. The van der Waals surface area contributed by atoms with Crippen molar-refractivity contribution in [3.63, 3.8) is 0 Å². The molecule has 0 heterocycles. The van der Waals surface area contributed by atoms with Gasteiger partial charge in [0.1, 0.15) is 29.3 Å². The fourth-order valence-electron chi connectivity index (χ4n) is 3.21. The van der Waals surface area contributed by atoms with Crippen LogP contribution in [-0.2, 0) is 0 Å². The van der Waals surface area contributed by atoms with Gasteiger partial charge < -0.3 is 9.84 Å². The molecule has 3 nitrogen and oxygen atoms in total. The maximum Gasteiger partial charge on any atom is 0.289 e. The highest BCUT2D eigenvalue weighted by atomic mass is 19.3. The first kappa shape index (κ1) is 19.9. The van der Waals surface area contributed by atoms with Gasteiger partial charge in [0.2, 0.25) is 0 Å². The Labute approximate surface area is 153 Å². The normalized spacial score (nSPS) is 20.3. The summed E-state index contributed by atoms with van der Waals surface area (Å²) in [6, 6.07) is 5.74. The van der Waals surface area contributed by atoms with Gasteiger partial charge in [-0.05, 0) is 23.8 Å². The van der Waals surface area contributed by atoms with Crippen molar-refractivity contribution in [3.05, 3.63) is 58.4 Å². The molecule has 0 saturated carbocycles. The molecule has 2 atom stereocenters. The number of aliphatic hydroxyl groups excluding tert-OH is 1. The highest BCUT2D eigenvalue weighted by Gasteiger charge is 2.60. The summed E-state index contributed by atoms with van der Waals surface area (Å²) >= 11 is 0. The van der Waals surface area contributed by atoms with E-state index in [0.29, 0.717) is 0 Å². The van der Waals surface area contributed by atoms with Crippen LogP contribution < -0.4 is 4.74 Å². The molecule has 0 spiro atoms. The Balaban J connectivity index is 2.16.